The molecule has 2 heterocycles. The van der Waals surface area contributed by atoms with Crippen LogP contribution in [0, 0.1) is 5.92 Å². The van der Waals surface area contributed by atoms with Gasteiger partial charge in [0.05, 0.1) is 13.0 Å². The first-order chi connectivity index (χ1) is 10.7. The number of hydrogen-bond acceptors (Lipinski definition) is 4. The molecule has 1 atom stereocenters. The highest BCUT2D eigenvalue weighted by Gasteiger charge is 2.32. The number of rotatable bonds is 4. The maximum absolute atomic E-state index is 12.3. The number of ether oxygens (including phenoxy) is 1. The summed E-state index contributed by atoms with van der Waals surface area (Å²) in [7, 11) is 1.70. The minimum absolute atomic E-state index is 0. The lowest BCUT2D eigenvalue weighted by Crippen LogP contribution is -2.56. The number of carbonyl (C=O) groups excluding carboxylic acids is 1. The molecule has 1 amide bonds. The highest BCUT2D eigenvalue weighted by atomic mass is 35.5. The normalized spacial score (nSPS) is 20.3. The van der Waals surface area contributed by atoms with Gasteiger partial charge in [0, 0.05) is 45.3 Å². The Kier molecular flexibility index (Phi) is 6.27. The van der Waals surface area contributed by atoms with Crippen LogP contribution in [0.1, 0.15) is 18.5 Å². The van der Waals surface area contributed by atoms with Crippen molar-refractivity contribution < 1.29 is 9.53 Å². The Hall–Kier alpha value is -1.30. The first-order valence-electron chi connectivity index (χ1n) is 8.06. The van der Waals surface area contributed by atoms with Gasteiger partial charge in [0.15, 0.2) is 0 Å². The molecule has 23 heavy (non-hydrogen) atoms. The number of hydrogen-bond donors (Lipinski definition) is 1. The second kappa shape index (κ2) is 7.99. The predicted octanol–water partition coefficient (Wildman–Crippen LogP) is 1.54. The first-order valence-corrected chi connectivity index (χ1v) is 8.06. The molecular formula is C17H26ClN3O2. The quantitative estimate of drug-likeness (QED) is 0.904. The van der Waals surface area contributed by atoms with E-state index in [1.54, 1.807) is 7.11 Å². The molecule has 0 aromatic heterocycles. The van der Waals surface area contributed by atoms with Gasteiger partial charge in [-0.15, -0.1) is 12.4 Å². The highest BCUT2D eigenvalue weighted by Crippen LogP contribution is 2.25. The Morgan fingerprint density at radius 1 is 1.26 bits per heavy atom. The number of nitrogens with one attached hydrogen (secondary N) is 1. The van der Waals surface area contributed by atoms with Gasteiger partial charge in [-0.3, -0.25) is 9.69 Å². The zero-order chi connectivity index (χ0) is 15.5. The van der Waals surface area contributed by atoms with E-state index in [1.807, 2.05) is 17.0 Å². The van der Waals surface area contributed by atoms with Gasteiger partial charge in [-0.2, -0.15) is 0 Å². The lowest BCUT2D eigenvalue weighted by Gasteiger charge is -2.40. The van der Waals surface area contributed by atoms with E-state index in [0.29, 0.717) is 11.9 Å². The lowest BCUT2D eigenvalue weighted by molar-refractivity contribution is -0.139. The van der Waals surface area contributed by atoms with Crippen molar-refractivity contribution in [2.75, 3.05) is 46.4 Å². The molecule has 1 aromatic rings. The smallest absolute Gasteiger partial charge is 0.228 e. The standard InChI is InChI=1S/C17H25N3O2.ClH/c1-13(14-4-3-5-16(10-14)22-2)19-6-8-20(9-7-19)17(21)15-11-18-12-15;/h3-5,10,13,15,18H,6-9,11-12H2,1-2H3;1H. The monoisotopic (exact) mass is 339 g/mol. The highest BCUT2D eigenvalue weighted by molar-refractivity contribution is 5.85. The summed E-state index contributed by atoms with van der Waals surface area (Å²) in [4.78, 5) is 16.7. The molecule has 0 aliphatic carbocycles. The van der Waals surface area contributed by atoms with Crippen LogP contribution in [0.2, 0.25) is 0 Å². The van der Waals surface area contributed by atoms with Gasteiger partial charge < -0.3 is 15.0 Å². The molecule has 1 aromatic carbocycles. The van der Waals surface area contributed by atoms with Crippen LogP contribution in [0.3, 0.4) is 0 Å². The Morgan fingerprint density at radius 2 is 1.96 bits per heavy atom. The number of amides is 1. The number of carbonyl (C=O) groups is 1. The van der Waals surface area contributed by atoms with E-state index in [1.165, 1.54) is 5.56 Å². The Bertz CT molecular complexity index is 528. The molecule has 2 aliphatic heterocycles. The van der Waals surface area contributed by atoms with Gasteiger partial charge >= 0.3 is 0 Å². The Balaban J connectivity index is 0.00000192. The maximum atomic E-state index is 12.3. The summed E-state index contributed by atoms with van der Waals surface area (Å²) in [6.07, 6.45) is 0. The number of methoxy groups -OCH3 is 1. The molecule has 128 valence electrons. The Labute approximate surface area is 144 Å². The fourth-order valence-corrected chi connectivity index (χ4v) is 3.16. The van der Waals surface area contributed by atoms with Crippen molar-refractivity contribution in [3.05, 3.63) is 29.8 Å². The molecular weight excluding hydrogens is 314 g/mol. The summed E-state index contributed by atoms with van der Waals surface area (Å²) in [5.41, 5.74) is 1.27. The summed E-state index contributed by atoms with van der Waals surface area (Å²) < 4.78 is 5.31. The minimum atomic E-state index is 0. The van der Waals surface area contributed by atoms with Gasteiger partial charge in [-0.05, 0) is 24.6 Å². The van der Waals surface area contributed by atoms with Crippen LogP contribution in [-0.2, 0) is 4.79 Å². The van der Waals surface area contributed by atoms with E-state index < -0.39 is 0 Å². The van der Waals surface area contributed by atoms with Crippen LogP contribution in [0.25, 0.3) is 0 Å². The molecule has 2 saturated heterocycles. The predicted molar refractivity (Wildman–Crippen MR) is 93.2 cm³/mol. The van der Waals surface area contributed by atoms with Crippen LogP contribution >= 0.6 is 12.4 Å². The van der Waals surface area contributed by atoms with Crippen LogP contribution in [0.5, 0.6) is 5.75 Å². The van der Waals surface area contributed by atoms with Crippen LogP contribution in [0.4, 0.5) is 0 Å². The topological polar surface area (TPSA) is 44.8 Å². The average Bonchev–Trinajstić information content (AvgIpc) is 2.52. The number of benzene rings is 1. The molecule has 0 radical (unpaired) electrons. The third kappa shape index (κ3) is 3.97. The summed E-state index contributed by atoms with van der Waals surface area (Å²) >= 11 is 0. The van der Waals surface area contributed by atoms with Gasteiger partial charge in [-0.25, -0.2) is 0 Å². The van der Waals surface area contributed by atoms with E-state index >= 15 is 0 Å². The SMILES string of the molecule is COc1cccc(C(C)N2CCN(C(=O)C3CNC3)CC2)c1.Cl. The molecule has 5 nitrogen and oxygen atoms in total. The molecule has 3 rings (SSSR count). The van der Waals surface area contributed by atoms with E-state index in [-0.39, 0.29) is 18.3 Å². The van der Waals surface area contributed by atoms with Gasteiger partial charge in [0.25, 0.3) is 0 Å². The van der Waals surface area contributed by atoms with E-state index in [2.05, 4.69) is 29.3 Å². The zero-order valence-electron chi connectivity index (χ0n) is 13.8. The number of nitrogens with zero attached hydrogens (tertiary/aromatic N) is 2. The Morgan fingerprint density at radius 3 is 2.52 bits per heavy atom. The fraction of sp³-hybridized carbons (Fsp3) is 0.588. The van der Waals surface area contributed by atoms with Gasteiger partial charge in [0.1, 0.15) is 5.75 Å². The summed E-state index contributed by atoms with van der Waals surface area (Å²) in [6, 6.07) is 8.60. The summed E-state index contributed by atoms with van der Waals surface area (Å²) in [6.45, 7) is 7.46. The van der Waals surface area contributed by atoms with Crippen LogP contribution < -0.4 is 10.1 Å². The largest absolute Gasteiger partial charge is 0.497 e. The molecule has 2 fully saturated rings. The molecule has 0 saturated carbocycles. The van der Waals surface area contributed by atoms with Crippen molar-refractivity contribution >= 4 is 18.3 Å². The van der Waals surface area contributed by atoms with Crippen molar-refractivity contribution in [2.24, 2.45) is 5.92 Å². The number of piperazine rings is 1. The molecule has 1 N–H and O–H groups in total. The van der Waals surface area contributed by atoms with Crippen molar-refractivity contribution in [2.45, 2.75) is 13.0 Å². The summed E-state index contributed by atoms with van der Waals surface area (Å²) in [5.74, 6) is 1.44. The third-order valence-electron chi connectivity index (χ3n) is 4.88. The second-order valence-electron chi connectivity index (χ2n) is 6.17. The van der Waals surface area contributed by atoms with E-state index in [9.17, 15) is 4.79 Å². The fourth-order valence-electron chi connectivity index (χ4n) is 3.16. The number of halogens is 1. The van der Waals surface area contributed by atoms with Gasteiger partial charge in [0.2, 0.25) is 5.91 Å². The second-order valence-corrected chi connectivity index (χ2v) is 6.17. The molecule has 0 bridgehead atoms. The average molecular weight is 340 g/mol. The molecule has 0 spiro atoms. The van der Waals surface area contributed by atoms with E-state index in [4.69, 9.17) is 4.74 Å². The van der Waals surface area contributed by atoms with Crippen LogP contribution in [-0.4, -0.2) is 62.1 Å². The van der Waals surface area contributed by atoms with Crippen molar-refractivity contribution in [3.63, 3.8) is 0 Å². The van der Waals surface area contributed by atoms with E-state index in [0.717, 1.165) is 45.0 Å². The molecule has 6 heteroatoms. The molecule has 1 unspecified atom stereocenters. The van der Waals surface area contributed by atoms with Crippen molar-refractivity contribution in [1.29, 1.82) is 0 Å². The first kappa shape index (κ1) is 18.0. The third-order valence-corrected chi connectivity index (χ3v) is 4.88. The van der Waals surface area contributed by atoms with Crippen molar-refractivity contribution in [3.8, 4) is 5.75 Å². The summed E-state index contributed by atoms with van der Waals surface area (Å²) in [5, 5.41) is 3.17. The van der Waals surface area contributed by atoms with Gasteiger partial charge in [-0.1, -0.05) is 12.1 Å². The minimum Gasteiger partial charge on any atom is -0.497 e. The van der Waals surface area contributed by atoms with Crippen molar-refractivity contribution in [1.82, 2.24) is 15.1 Å². The lowest BCUT2D eigenvalue weighted by atomic mass is 10.0. The zero-order valence-corrected chi connectivity index (χ0v) is 14.6. The molecule has 2 aliphatic rings. The maximum Gasteiger partial charge on any atom is 0.228 e. The van der Waals surface area contributed by atoms with Crippen LogP contribution in [0.15, 0.2) is 24.3 Å².